The highest BCUT2D eigenvalue weighted by Crippen LogP contribution is 2.45. The number of rotatable bonds is 6. The number of nitrogens with two attached hydrogens (primary N) is 1. The lowest BCUT2D eigenvalue weighted by Gasteiger charge is -2.35. The number of ether oxygens (including phenoxy) is 1. The van der Waals surface area contributed by atoms with Crippen molar-refractivity contribution in [2.24, 2.45) is 11.7 Å². The fourth-order valence-corrected chi connectivity index (χ4v) is 6.02. The molecule has 1 amide bonds. The maximum atomic E-state index is 13.8. The van der Waals surface area contributed by atoms with Crippen LogP contribution in [0.25, 0.3) is 33.6 Å². The summed E-state index contributed by atoms with van der Waals surface area (Å²) < 4.78 is 37.4. The molecule has 4 aromatic rings. The molecule has 1 aliphatic carbocycles. The minimum absolute atomic E-state index is 0.0330. The number of pyridine rings is 1. The van der Waals surface area contributed by atoms with Crippen molar-refractivity contribution < 1.29 is 18.3 Å². The molecule has 2 fully saturated rings. The molecule has 4 heterocycles. The Morgan fingerprint density at radius 1 is 1.24 bits per heavy atom. The van der Waals surface area contributed by atoms with Crippen LogP contribution in [0.3, 0.4) is 0 Å². The predicted molar refractivity (Wildman–Crippen MR) is 141 cm³/mol. The molecular formula is C28H32F2N6O2. The number of hydrogen-bond acceptors (Lipinski definition) is 5. The molecule has 0 bridgehead atoms. The van der Waals surface area contributed by atoms with Crippen molar-refractivity contribution in [3.8, 4) is 17.3 Å². The van der Waals surface area contributed by atoms with Gasteiger partial charge < -0.3 is 24.5 Å². The van der Waals surface area contributed by atoms with Crippen LogP contribution in [-0.4, -0.2) is 62.1 Å². The van der Waals surface area contributed by atoms with E-state index in [2.05, 4.69) is 9.55 Å². The molecule has 8 nitrogen and oxygen atoms in total. The van der Waals surface area contributed by atoms with Crippen LogP contribution < -0.4 is 10.5 Å². The minimum Gasteiger partial charge on any atom is -0.494 e. The molecule has 10 heteroatoms. The summed E-state index contributed by atoms with van der Waals surface area (Å²) in [5.74, 6) is -1.77. The van der Waals surface area contributed by atoms with Gasteiger partial charge in [-0.05, 0) is 56.0 Å². The molecule has 38 heavy (non-hydrogen) atoms. The van der Waals surface area contributed by atoms with Crippen LogP contribution >= 0.6 is 0 Å². The number of nitrogens with zero attached hydrogens (tertiary/aromatic N) is 5. The van der Waals surface area contributed by atoms with Gasteiger partial charge in [0.15, 0.2) is 5.82 Å². The number of piperidine rings is 1. The Hall–Kier alpha value is -3.53. The number of alkyl halides is 2. The van der Waals surface area contributed by atoms with Crippen LogP contribution in [-0.2, 0) is 13.1 Å². The number of hydrogen-bond donors (Lipinski definition) is 1. The topological polar surface area (TPSA) is 91.2 Å². The van der Waals surface area contributed by atoms with Gasteiger partial charge in [0.2, 0.25) is 5.92 Å². The lowest BCUT2D eigenvalue weighted by atomic mass is 9.81. The zero-order valence-corrected chi connectivity index (χ0v) is 21.7. The number of imidazole rings is 1. The number of benzene rings is 1. The highest BCUT2D eigenvalue weighted by atomic mass is 19.3. The Bertz CT molecular complexity index is 1520. The fraction of sp³-hybridized carbons (Fsp3) is 0.464. The number of carbonyl (C=O) groups excluding carboxylic acids is 1. The first-order valence-corrected chi connectivity index (χ1v) is 13.2. The van der Waals surface area contributed by atoms with Crippen molar-refractivity contribution in [1.29, 1.82) is 0 Å². The first kappa shape index (κ1) is 24.8. The van der Waals surface area contributed by atoms with Crippen LogP contribution in [0.2, 0.25) is 0 Å². The number of carbonyl (C=O) groups is 1. The van der Waals surface area contributed by atoms with Crippen molar-refractivity contribution in [2.45, 2.75) is 57.7 Å². The number of aromatic nitrogens is 4. The molecule has 1 saturated heterocycles. The zero-order chi connectivity index (χ0) is 26.6. The summed E-state index contributed by atoms with van der Waals surface area (Å²) in [6, 6.07) is 9.41. The molecule has 2 aliphatic rings. The lowest BCUT2D eigenvalue weighted by Crippen LogP contribution is -2.45. The van der Waals surface area contributed by atoms with Gasteiger partial charge in [0.1, 0.15) is 16.9 Å². The maximum Gasteiger partial charge on any atom is 0.254 e. The van der Waals surface area contributed by atoms with E-state index >= 15 is 0 Å². The number of likely N-dealkylation sites (tertiary alicyclic amines) is 1. The number of halogens is 2. The van der Waals surface area contributed by atoms with E-state index in [0.717, 1.165) is 29.6 Å². The van der Waals surface area contributed by atoms with Gasteiger partial charge >= 0.3 is 0 Å². The highest BCUT2D eigenvalue weighted by Gasteiger charge is 2.45. The Kier molecular flexibility index (Phi) is 6.09. The molecule has 0 unspecified atom stereocenters. The highest BCUT2D eigenvalue weighted by molar-refractivity contribution is 6.00. The van der Waals surface area contributed by atoms with E-state index in [4.69, 9.17) is 15.5 Å². The Morgan fingerprint density at radius 3 is 2.76 bits per heavy atom. The first-order valence-electron chi connectivity index (χ1n) is 13.2. The van der Waals surface area contributed by atoms with Crippen LogP contribution in [0.5, 0.6) is 5.75 Å². The molecule has 1 saturated carbocycles. The Morgan fingerprint density at radius 2 is 2.05 bits per heavy atom. The second kappa shape index (κ2) is 9.34. The summed E-state index contributed by atoms with van der Waals surface area (Å²) in [6.07, 6.45) is 3.22. The molecular weight excluding hydrogens is 490 g/mol. The van der Waals surface area contributed by atoms with Gasteiger partial charge in [0.05, 0.1) is 18.3 Å². The summed E-state index contributed by atoms with van der Waals surface area (Å²) >= 11 is 0. The molecule has 1 aliphatic heterocycles. The van der Waals surface area contributed by atoms with Crippen LogP contribution in [0, 0.1) is 5.92 Å². The monoisotopic (exact) mass is 522 g/mol. The minimum atomic E-state index is -2.62. The second-order valence-corrected chi connectivity index (χ2v) is 10.6. The summed E-state index contributed by atoms with van der Waals surface area (Å²) in [7, 11) is 1.56. The largest absolute Gasteiger partial charge is 0.494 e. The van der Waals surface area contributed by atoms with E-state index in [9.17, 15) is 13.6 Å². The molecule has 200 valence electrons. The third-order valence-electron chi connectivity index (χ3n) is 7.83. The van der Waals surface area contributed by atoms with Crippen LogP contribution in [0.1, 0.15) is 43.0 Å². The summed E-state index contributed by atoms with van der Waals surface area (Å²) in [4.78, 5) is 24.8. The normalized spacial score (nSPS) is 19.7. The van der Waals surface area contributed by atoms with Gasteiger partial charge in [-0.3, -0.25) is 4.79 Å². The van der Waals surface area contributed by atoms with Crippen molar-refractivity contribution in [1.82, 2.24) is 24.0 Å². The van der Waals surface area contributed by atoms with Gasteiger partial charge in [-0.2, -0.15) is 0 Å². The zero-order valence-electron chi connectivity index (χ0n) is 21.7. The molecule has 2 N–H and O–H groups in total. The van der Waals surface area contributed by atoms with Crippen molar-refractivity contribution in [3.05, 3.63) is 42.1 Å². The van der Waals surface area contributed by atoms with Crippen molar-refractivity contribution >= 4 is 28.0 Å². The maximum absolute atomic E-state index is 13.8. The average molecular weight is 523 g/mol. The van der Waals surface area contributed by atoms with E-state index in [-0.39, 0.29) is 30.7 Å². The SMILES string of the molecule is CCn1c(-c2nc3cc(C(=O)N4CCC[C@@H](N)C4)cc(OC)c3n2CC2CC(F)(F)C2)cc2cccnc21. The van der Waals surface area contributed by atoms with Gasteiger partial charge in [-0.25, -0.2) is 18.7 Å². The lowest BCUT2D eigenvalue weighted by molar-refractivity contribution is -0.113. The van der Waals surface area contributed by atoms with Crippen molar-refractivity contribution in [3.63, 3.8) is 0 Å². The molecule has 6 rings (SSSR count). The molecule has 1 aromatic carbocycles. The van der Waals surface area contributed by atoms with E-state index in [1.54, 1.807) is 30.3 Å². The van der Waals surface area contributed by atoms with Crippen LogP contribution in [0.4, 0.5) is 8.78 Å². The number of fused-ring (bicyclic) bond motifs is 2. The summed E-state index contributed by atoms with van der Waals surface area (Å²) in [5, 5.41) is 0.974. The number of amides is 1. The molecule has 0 radical (unpaired) electrons. The van der Waals surface area contributed by atoms with Crippen molar-refractivity contribution in [2.75, 3.05) is 20.2 Å². The van der Waals surface area contributed by atoms with Gasteiger partial charge in [-0.15, -0.1) is 0 Å². The second-order valence-electron chi connectivity index (χ2n) is 10.6. The van der Waals surface area contributed by atoms with E-state index in [1.165, 1.54) is 0 Å². The molecule has 0 spiro atoms. The third kappa shape index (κ3) is 4.20. The van der Waals surface area contributed by atoms with Gasteiger partial charge in [-0.1, -0.05) is 0 Å². The van der Waals surface area contributed by atoms with E-state index in [1.807, 2.05) is 29.7 Å². The standard InChI is InChI=1S/C28H32F2N6O2/c1-3-35-22(11-18-6-4-8-32-25(18)35)26-33-21-10-19(27(37)34-9-5-7-20(31)16-34)12-23(38-2)24(21)36(26)15-17-13-28(29,30)14-17/h4,6,8,10-12,17,20H,3,5,7,9,13-16,31H2,1-2H3/t20-/m1/s1. The number of methoxy groups -OCH3 is 1. The van der Waals surface area contributed by atoms with Gasteiger partial charge in [0, 0.05) is 62.2 Å². The quantitative estimate of drug-likeness (QED) is 0.397. The smallest absolute Gasteiger partial charge is 0.254 e. The predicted octanol–water partition coefficient (Wildman–Crippen LogP) is 4.69. The van der Waals surface area contributed by atoms with Gasteiger partial charge in [0.25, 0.3) is 5.91 Å². The molecule has 1 atom stereocenters. The first-order chi connectivity index (χ1) is 18.3. The summed E-state index contributed by atoms with van der Waals surface area (Å²) in [6.45, 7) is 4.25. The Labute approximate surface area is 219 Å². The summed E-state index contributed by atoms with van der Waals surface area (Å²) in [5.41, 5.74) is 9.58. The fourth-order valence-electron chi connectivity index (χ4n) is 6.02. The average Bonchev–Trinajstić information content (AvgIpc) is 3.44. The third-order valence-corrected chi connectivity index (χ3v) is 7.83. The van der Waals surface area contributed by atoms with E-state index in [0.29, 0.717) is 54.3 Å². The number of aryl methyl sites for hydroxylation is 1. The Balaban J connectivity index is 1.51. The van der Waals surface area contributed by atoms with Crippen LogP contribution in [0.15, 0.2) is 36.5 Å². The van der Waals surface area contributed by atoms with E-state index < -0.39 is 5.92 Å². The molecule has 3 aromatic heterocycles.